The van der Waals surface area contributed by atoms with Crippen molar-refractivity contribution in [3.8, 4) is 11.6 Å². The second-order valence-corrected chi connectivity index (χ2v) is 6.54. The van der Waals surface area contributed by atoms with Gasteiger partial charge >= 0.3 is 0 Å². The Morgan fingerprint density at radius 3 is 2.43 bits per heavy atom. The third kappa shape index (κ3) is 3.69. The topological polar surface area (TPSA) is 81.2 Å². The third-order valence-electron chi connectivity index (χ3n) is 2.85. The molecule has 0 fully saturated rings. The molecule has 0 aliphatic carbocycles. The number of benzene rings is 1. The maximum Gasteiger partial charge on any atom is 0.227 e. The van der Waals surface area contributed by atoms with Gasteiger partial charge in [0.2, 0.25) is 5.88 Å². The first-order valence-corrected chi connectivity index (χ1v) is 8.34. The number of rotatable bonds is 5. The van der Waals surface area contributed by atoms with Crippen LogP contribution in [0, 0.1) is 6.92 Å². The van der Waals surface area contributed by atoms with Crippen LogP contribution in [0.1, 0.15) is 12.5 Å². The molecule has 0 saturated carbocycles. The summed E-state index contributed by atoms with van der Waals surface area (Å²) in [4.78, 5) is 8.48. The van der Waals surface area contributed by atoms with E-state index in [1.54, 1.807) is 12.1 Å². The Morgan fingerprint density at radius 2 is 1.86 bits per heavy atom. The van der Waals surface area contributed by atoms with Crippen molar-refractivity contribution in [1.29, 1.82) is 0 Å². The van der Waals surface area contributed by atoms with Gasteiger partial charge in [-0.1, -0.05) is 0 Å². The summed E-state index contributed by atoms with van der Waals surface area (Å²) in [5.41, 5.74) is 0.798. The minimum Gasteiger partial charge on any atom is -0.439 e. The lowest BCUT2D eigenvalue weighted by atomic mass is 10.3. The largest absolute Gasteiger partial charge is 0.439 e. The van der Waals surface area contributed by atoms with Crippen LogP contribution in [0.2, 0.25) is 0 Å². The minimum absolute atomic E-state index is 0.252. The van der Waals surface area contributed by atoms with Gasteiger partial charge in [-0.15, -0.1) is 0 Å². The molecule has 0 unspecified atom stereocenters. The minimum atomic E-state index is -3.21. The zero-order valence-corrected chi connectivity index (χ0v) is 12.9. The first kappa shape index (κ1) is 15.2. The number of anilines is 1. The molecule has 0 aliphatic rings. The molecule has 0 atom stereocenters. The first-order valence-electron chi connectivity index (χ1n) is 6.45. The molecule has 7 heteroatoms. The van der Waals surface area contributed by atoms with E-state index in [9.17, 15) is 8.42 Å². The summed E-state index contributed by atoms with van der Waals surface area (Å²) in [7, 11) is -3.21. The molecule has 0 radical (unpaired) electrons. The fourth-order valence-corrected chi connectivity index (χ4v) is 2.38. The van der Waals surface area contributed by atoms with Crippen LogP contribution >= 0.6 is 0 Å². The lowest BCUT2D eigenvalue weighted by Crippen LogP contribution is -2.04. The van der Waals surface area contributed by atoms with E-state index in [1.165, 1.54) is 24.7 Å². The maximum atomic E-state index is 11.4. The predicted octanol–water partition coefficient (Wildman–Crippen LogP) is 2.41. The van der Waals surface area contributed by atoms with E-state index in [1.807, 2.05) is 13.8 Å². The highest BCUT2D eigenvalue weighted by atomic mass is 32.2. The highest BCUT2D eigenvalue weighted by Gasteiger charge is 2.10. The van der Waals surface area contributed by atoms with Crippen LogP contribution < -0.4 is 10.1 Å². The van der Waals surface area contributed by atoms with Crippen molar-refractivity contribution in [3.63, 3.8) is 0 Å². The number of aromatic nitrogens is 2. The quantitative estimate of drug-likeness (QED) is 0.913. The molecular weight excluding hydrogens is 290 g/mol. The zero-order chi connectivity index (χ0) is 15.5. The summed E-state index contributed by atoms with van der Waals surface area (Å²) in [6, 6.07) is 6.22. The smallest absolute Gasteiger partial charge is 0.227 e. The summed E-state index contributed by atoms with van der Waals surface area (Å²) in [6.07, 6.45) is 2.59. The van der Waals surface area contributed by atoms with E-state index in [0.717, 1.165) is 17.9 Å². The van der Waals surface area contributed by atoms with E-state index in [4.69, 9.17) is 4.74 Å². The molecule has 1 N–H and O–H groups in total. The van der Waals surface area contributed by atoms with E-state index < -0.39 is 9.84 Å². The SMILES string of the molecule is CCNc1ncnc(Oc2ccc(S(C)(=O)=O)cc2)c1C. The van der Waals surface area contributed by atoms with Crippen LogP contribution in [-0.2, 0) is 9.84 Å². The van der Waals surface area contributed by atoms with Gasteiger partial charge < -0.3 is 10.1 Å². The number of nitrogens with zero attached hydrogens (tertiary/aromatic N) is 2. The molecule has 112 valence electrons. The van der Waals surface area contributed by atoms with Gasteiger partial charge in [0.15, 0.2) is 9.84 Å². The van der Waals surface area contributed by atoms with Gasteiger partial charge in [0.1, 0.15) is 17.9 Å². The van der Waals surface area contributed by atoms with Crippen molar-refractivity contribution in [2.24, 2.45) is 0 Å². The van der Waals surface area contributed by atoms with Crippen molar-refractivity contribution in [2.75, 3.05) is 18.1 Å². The lowest BCUT2D eigenvalue weighted by molar-refractivity contribution is 0.457. The first-order chi connectivity index (χ1) is 9.91. The van der Waals surface area contributed by atoms with E-state index in [-0.39, 0.29) is 4.90 Å². The molecule has 1 heterocycles. The number of hydrogen-bond acceptors (Lipinski definition) is 6. The summed E-state index contributed by atoms with van der Waals surface area (Å²) in [6.45, 7) is 4.59. The van der Waals surface area contributed by atoms with Gasteiger partial charge in [0, 0.05) is 12.8 Å². The summed E-state index contributed by atoms with van der Waals surface area (Å²) in [5.74, 6) is 1.68. The maximum absolute atomic E-state index is 11.4. The van der Waals surface area contributed by atoms with Crippen LogP contribution in [-0.4, -0.2) is 31.2 Å². The normalized spacial score (nSPS) is 11.2. The zero-order valence-electron chi connectivity index (χ0n) is 12.1. The summed E-state index contributed by atoms with van der Waals surface area (Å²) in [5, 5.41) is 3.12. The summed E-state index contributed by atoms with van der Waals surface area (Å²) >= 11 is 0. The van der Waals surface area contributed by atoms with Gasteiger partial charge in [-0.2, -0.15) is 0 Å². The predicted molar refractivity (Wildman–Crippen MR) is 80.6 cm³/mol. The van der Waals surface area contributed by atoms with Gasteiger partial charge in [0.05, 0.1) is 10.5 Å². The highest BCUT2D eigenvalue weighted by molar-refractivity contribution is 7.90. The average Bonchev–Trinajstić information content (AvgIpc) is 2.43. The fraction of sp³-hybridized carbons (Fsp3) is 0.286. The standard InChI is InChI=1S/C14H17N3O3S/c1-4-15-13-10(2)14(17-9-16-13)20-11-5-7-12(8-6-11)21(3,18)19/h5-9H,4H2,1-3H3,(H,15,16,17). The molecule has 0 spiro atoms. The molecule has 0 saturated heterocycles. The molecule has 0 bridgehead atoms. The molecule has 2 aromatic rings. The van der Waals surface area contributed by atoms with Crippen LogP contribution in [0.5, 0.6) is 11.6 Å². The van der Waals surface area contributed by atoms with Crippen LogP contribution in [0.15, 0.2) is 35.5 Å². The van der Waals surface area contributed by atoms with Crippen molar-refractivity contribution >= 4 is 15.7 Å². The van der Waals surface area contributed by atoms with Gasteiger partial charge in [-0.3, -0.25) is 0 Å². The molecule has 1 aromatic heterocycles. The Morgan fingerprint density at radius 1 is 1.19 bits per heavy atom. The van der Waals surface area contributed by atoms with Crippen molar-refractivity contribution in [2.45, 2.75) is 18.7 Å². The fourth-order valence-electron chi connectivity index (χ4n) is 1.75. The summed E-state index contributed by atoms with van der Waals surface area (Å²) < 4.78 is 28.5. The van der Waals surface area contributed by atoms with E-state index >= 15 is 0 Å². The lowest BCUT2D eigenvalue weighted by Gasteiger charge is -2.11. The van der Waals surface area contributed by atoms with Crippen molar-refractivity contribution < 1.29 is 13.2 Å². The molecule has 1 aromatic carbocycles. The van der Waals surface area contributed by atoms with Gasteiger partial charge in [-0.05, 0) is 38.1 Å². The Labute approximate surface area is 124 Å². The number of hydrogen-bond donors (Lipinski definition) is 1. The molecule has 0 amide bonds. The second-order valence-electron chi connectivity index (χ2n) is 4.53. The van der Waals surface area contributed by atoms with Crippen LogP contribution in [0.25, 0.3) is 0 Å². The Bertz CT molecular complexity index is 728. The number of ether oxygens (including phenoxy) is 1. The number of sulfone groups is 1. The Kier molecular flexibility index (Phi) is 4.42. The molecule has 6 nitrogen and oxygen atoms in total. The Balaban J connectivity index is 2.24. The number of nitrogens with one attached hydrogen (secondary N) is 1. The van der Waals surface area contributed by atoms with E-state index in [2.05, 4.69) is 15.3 Å². The van der Waals surface area contributed by atoms with Crippen molar-refractivity contribution in [1.82, 2.24) is 9.97 Å². The van der Waals surface area contributed by atoms with Gasteiger partial charge in [0.25, 0.3) is 0 Å². The third-order valence-corrected chi connectivity index (χ3v) is 3.98. The monoisotopic (exact) mass is 307 g/mol. The molecule has 0 aliphatic heterocycles. The Hall–Kier alpha value is -2.15. The molecule has 2 rings (SSSR count). The van der Waals surface area contributed by atoms with Gasteiger partial charge in [-0.25, -0.2) is 18.4 Å². The average molecular weight is 307 g/mol. The molecular formula is C14H17N3O3S. The second kappa shape index (κ2) is 6.09. The van der Waals surface area contributed by atoms with E-state index in [0.29, 0.717) is 11.6 Å². The molecule has 21 heavy (non-hydrogen) atoms. The van der Waals surface area contributed by atoms with Crippen LogP contribution in [0.3, 0.4) is 0 Å². The van der Waals surface area contributed by atoms with Crippen LogP contribution in [0.4, 0.5) is 5.82 Å². The van der Waals surface area contributed by atoms with Crippen molar-refractivity contribution in [3.05, 3.63) is 36.2 Å². The highest BCUT2D eigenvalue weighted by Crippen LogP contribution is 2.26.